The van der Waals surface area contributed by atoms with Gasteiger partial charge in [-0.2, -0.15) is 0 Å². The molecule has 116 valence electrons. The van der Waals surface area contributed by atoms with Crippen LogP contribution in [-0.4, -0.2) is 28.9 Å². The molecule has 0 radical (unpaired) electrons. The van der Waals surface area contributed by atoms with Crippen molar-refractivity contribution in [3.05, 3.63) is 0 Å². The Balaban J connectivity index is -0.000000414. The predicted octanol–water partition coefficient (Wildman–Crippen LogP) is -0.979. The van der Waals surface area contributed by atoms with Crippen molar-refractivity contribution in [3.8, 4) is 0 Å². The van der Waals surface area contributed by atoms with Gasteiger partial charge in [0.1, 0.15) is 0 Å². The van der Waals surface area contributed by atoms with Crippen LogP contribution in [0.2, 0.25) is 0 Å². The Hall–Kier alpha value is 0.390. The van der Waals surface area contributed by atoms with E-state index < -0.39 is 12.1 Å². The van der Waals surface area contributed by atoms with E-state index in [1.807, 2.05) is 0 Å². The molecule has 20 heavy (non-hydrogen) atoms. The minimum Gasteiger partial charge on any atom is -0.550 e. The molecule has 0 aromatic heterocycles. The van der Waals surface area contributed by atoms with Gasteiger partial charge < -0.3 is 20.1 Å². The first-order chi connectivity index (χ1) is 9.04. The summed E-state index contributed by atoms with van der Waals surface area (Å²) in [6, 6.07) is 0. The van der Waals surface area contributed by atoms with E-state index in [0.717, 1.165) is 12.8 Å². The summed E-state index contributed by atoms with van der Waals surface area (Å²) in [6.07, 6.45) is 10.6. The minimum atomic E-state index is -0.909. The van der Waals surface area contributed by atoms with Crippen molar-refractivity contribution in [2.75, 3.05) is 6.61 Å². The topological polar surface area (TPSA) is 80.6 Å². The largest absolute Gasteiger partial charge is 1.00 e. The zero-order valence-electron chi connectivity index (χ0n) is 13.6. The van der Waals surface area contributed by atoms with E-state index in [9.17, 15) is 9.90 Å². The van der Waals surface area contributed by atoms with Gasteiger partial charge in [0, 0.05) is 5.97 Å². The molecule has 0 aromatic rings. The molecule has 2 N–H and O–H groups in total. The fourth-order valence-electron chi connectivity index (χ4n) is 1.58. The SMILES string of the molecule is CC(O)CO.CCCCCCCCCCCC(=O)[O-].[Na+]. The third-order valence-corrected chi connectivity index (χ3v) is 2.75. The zero-order chi connectivity index (χ0) is 14.9. The summed E-state index contributed by atoms with van der Waals surface area (Å²) in [5.41, 5.74) is 0. The number of carboxylic acid groups (broad SMARTS) is 1. The first-order valence-corrected chi connectivity index (χ1v) is 7.53. The Morgan fingerprint density at radius 2 is 1.35 bits per heavy atom. The Morgan fingerprint density at radius 1 is 1.00 bits per heavy atom. The third kappa shape index (κ3) is 31.0. The van der Waals surface area contributed by atoms with Crippen LogP contribution in [0.3, 0.4) is 0 Å². The van der Waals surface area contributed by atoms with Gasteiger partial charge in [0.15, 0.2) is 0 Å². The quantitative estimate of drug-likeness (QED) is 0.379. The standard InChI is InChI=1S/C12H24O2.C3H8O2.Na/c1-2-3-4-5-6-7-8-9-10-11-12(13)14;1-3(5)2-4;/h2-11H2,1H3,(H,13,14);3-5H,2H2,1H3;/q;;+1/p-1. The number of hydrogen-bond acceptors (Lipinski definition) is 4. The van der Waals surface area contributed by atoms with Gasteiger partial charge in [-0.15, -0.1) is 0 Å². The maximum atomic E-state index is 10.1. The number of carboxylic acids is 1. The molecule has 0 bridgehead atoms. The van der Waals surface area contributed by atoms with Gasteiger partial charge in [0.05, 0.1) is 12.7 Å². The molecule has 0 aromatic carbocycles. The average molecular weight is 298 g/mol. The van der Waals surface area contributed by atoms with Crippen molar-refractivity contribution in [2.45, 2.75) is 84.2 Å². The van der Waals surface area contributed by atoms with E-state index in [4.69, 9.17) is 10.2 Å². The second-order valence-electron chi connectivity index (χ2n) is 4.98. The van der Waals surface area contributed by atoms with E-state index in [0.29, 0.717) is 0 Å². The maximum Gasteiger partial charge on any atom is 1.00 e. The molecule has 0 saturated heterocycles. The molecule has 1 atom stereocenters. The number of carbonyl (C=O) groups excluding carboxylic acids is 1. The Labute approximate surface area is 146 Å². The minimum absolute atomic E-state index is 0. The predicted molar refractivity (Wildman–Crippen MR) is 75.6 cm³/mol. The van der Waals surface area contributed by atoms with Crippen LogP contribution in [0.25, 0.3) is 0 Å². The number of aliphatic carboxylic acids is 1. The van der Waals surface area contributed by atoms with Gasteiger partial charge >= 0.3 is 29.6 Å². The van der Waals surface area contributed by atoms with Crippen molar-refractivity contribution in [3.63, 3.8) is 0 Å². The number of hydrogen-bond donors (Lipinski definition) is 2. The zero-order valence-corrected chi connectivity index (χ0v) is 15.6. The van der Waals surface area contributed by atoms with Crippen molar-refractivity contribution >= 4 is 5.97 Å². The van der Waals surface area contributed by atoms with E-state index in [2.05, 4.69) is 6.92 Å². The van der Waals surface area contributed by atoms with Crippen molar-refractivity contribution in [2.24, 2.45) is 0 Å². The third-order valence-electron chi connectivity index (χ3n) is 2.75. The van der Waals surface area contributed by atoms with Crippen LogP contribution in [0.5, 0.6) is 0 Å². The summed E-state index contributed by atoms with van der Waals surface area (Å²) in [7, 11) is 0. The number of aliphatic hydroxyl groups excluding tert-OH is 2. The summed E-state index contributed by atoms with van der Waals surface area (Å²) in [6.45, 7) is 3.61. The second-order valence-corrected chi connectivity index (χ2v) is 4.98. The molecule has 0 spiro atoms. The van der Waals surface area contributed by atoms with Crippen LogP contribution < -0.4 is 34.7 Å². The molecule has 0 rings (SSSR count). The van der Waals surface area contributed by atoms with Gasteiger partial charge in [-0.3, -0.25) is 0 Å². The van der Waals surface area contributed by atoms with Crippen LogP contribution in [0.1, 0.15) is 78.1 Å². The summed E-state index contributed by atoms with van der Waals surface area (Å²) in [5, 5.41) is 26.1. The molecule has 0 fully saturated rings. The Morgan fingerprint density at radius 3 is 1.65 bits per heavy atom. The van der Waals surface area contributed by atoms with Crippen molar-refractivity contribution < 1.29 is 49.7 Å². The van der Waals surface area contributed by atoms with Crippen LogP contribution in [-0.2, 0) is 4.79 Å². The van der Waals surface area contributed by atoms with Gasteiger partial charge in [-0.1, -0.05) is 58.3 Å². The molecule has 0 amide bonds. The van der Waals surface area contributed by atoms with E-state index in [1.54, 1.807) is 0 Å². The Kier molecular flexibility index (Phi) is 27.5. The molecule has 5 heteroatoms. The summed E-state index contributed by atoms with van der Waals surface area (Å²) in [5.74, 6) is -0.909. The normalized spacial score (nSPS) is 11.0. The summed E-state index contributed by atoms with van der Waals surface area (Å²) < 4.78 is 0. The van der Waals surface area contributed by atoms with Crippen molar-refractivity contribution in [1.29, 1.82) is 0 Å². The molecular weight excluding hydrogens is 267 g/mol. The molecule has 4 nitrogen and oxygen atoms in total. The molecule has 0 saturated carbocycles. The van der Waals surface area contributed by atoms with Gasteiger partial charge in [0.25, 0.3) is 0 Å². The fraction of sp³-hybridized carbons (Fsp3) is 0.933. The summed E-state index contributed by atoms with van der Waals surface area (Å²) >= 11 is 0. The number of unbranched alkanes of at least 4 members (excludes halogenated alkanes) is 8. The van der Waals surface area contributed by atoms with E-state index >= 15 is 0 Å². The first kappa shape index (κ1) is 25.3. The van der Waals surface area contributed by atoms with Gasteiger partial charge in [-0.25, -0.2) is 0 Å². The van der Waals surface area contributed by atoms with Gasteiger partial charge in [-0.05, 0) is 19.8 Å². The average Bonchev–Trinajstić information content (AvgIpc) is 2.37. The number of aliphatic hydroxyl groups is 2. The molecule has 0 aliphatic heterocycles. The van der Waals surface area contributed by atoms with E-state index in [-0.39, 0.29) is 42.6 Å². The first-order valence-electron chi connectivity index (χ1n) is 7.53. The Bertz CT molecular complexity index is 187. The van der Waals surface area contributed by atoms with Crippen LogP contribution in [0.15, 0.2) is 0 Å². The number of rotatable bonds is 11. The van der Waals surface area contributed by atoms with Crippen LogP contribution >= 0.6 is 0 Å². The number of carbonyl (C=O) groups is 1. The van der Waals surface area contributed by atoms with E-state index in [1.165, 1.54) is 51.9 Å². The molecule has 0 aliphatic rings. The smallest absolute Gasteiger partial charge is 0.550 e. The van der Waals surface area contributed by atoms with Crippen molar-refractivity contribution in [1.82, 2.24) is 0 Å². The van der Waals surface area contributed by atoms with Gasteiger partial charge in [0.2, 0.25) is 0 Å². The van der Waals surface area contributed by atoms with Crippen LogP contribution in [0.4, 0.5) is 0 Å². The fourth-order valence-corrected chi connectivity index (χ4v) is 1.58. The van der Waals surface area contributed by atoms with Crippen LogP contribution in [0, 0.1) is 0 Å². The summed E-state index contributed by atoms with van der Waals surface area (Å²) in [4.78, 5) is 10.1. The second kappa shape index (κ2) is 21.7. The maximum absolute atomic E-state index is 10.1. The molecule has 0 heterocycles. The monoisotopic (exact) mass is 298 g/mol. The molecular formula is C15H31NaO4. The molecule has 1 unspecified atom stereocenters. The molecule has 0 aliphatic carbocycles.